The number of benzene rings is 1. The van der Waals surface area contributed by atoms with Crippen LogP contribution in [0.15, 0.2) is 52.2 Å². The van der Waals surface area contributed by atoms with Crippen molar-refractivity contribution in [1.82, 2.24) is 14.6 Å². The molecule has 2 aliphatic rings. The fraction of sp³-hybridized carbons (Fsp3) is 0.480. The van der Waals surface area contributed by atoms with Gasteiger partial charge in [-0.15, -0.1) is 6.42 Å². The zero-order valence-corrected chi connectivity index (χ0v) is 24.4. The van der Waals surface area contributed by atoms with E-state index in [1.807, 2.05) is 6.26 Å². The molecule has 0 spiro atoms. The number of carbonyl (C=O) groups excluding carboxylic acids is 1. The first kappa shape index (κ1) is 30.5. The third-order valence-electron chi connectivity index (χ3n) is 6.38. The maximum atomic E-state index is 12.9. The summed E-state index contributed by atoms with van der Waals surface area (Å²) < 4.78 is 24.3. The summed E-state index contributed by atoms with van der Waals surface area (Å²) in [6.07, 6.45) is 4.55. The maximum Gasteiger partial charge on any atom is 0.330 e. The number of ether oxygens (including phenoxy) is 2. The second kappa shape index (κ2) is 11.8. The lowest BCUT2D eigenvalue weighted by Gasteiger charge is -2.34. The number of rotatable bonds is 12. The third kappa shape index (κ3) is 5.79. The van der Waals surface area contributed by atoms with E-state index in [1.54, 1.807) is 44.2 Å². The van der Waals surface area contributed by atoms with Crippen molar-refractivity contribution in [3.05, 3.63) is 63.4 Å². The highest BCUT2D eigenvalue weighted by Crippen LogP contribution is 2.64. The van der Waals surface area contributed by atoms with Crippen LogP contribution < -0.4 is 20.9 Å². The predicted molar refractivity (Wildman–Crippen MR) is 151 cm³/mol. The van der Waals surface area contributed by atoms with Gasteiger partial charge in [0.05, 0.1) is 6.10 Å². The minimum absolute atomic E-state index is 0.336. The van der Waals surface area contributed by atoms with Crippen molar-refractivity contribution in [3.8, 4) is 18.1 Å². The van der Waals surface area contributed by atoms with Gasteiger partial charge >= 0.3 is 18.3 Å². The van der Waals surface area contributed by atoms with E-state index in [1.165, 1.54) is 11.8 Å². The fourth-order valence-electron chi connectivity index (χ4n) is 4.38. The summed E-state index contributed by atoms with van der Waals surface area (Å²) in [5.74, 6) is 2.50. The molecular formula is C25H30N3O9PS2. The Morgan fingerprint density at radius 1 is 1.32 bits per heavy atom. The van der Waals surface area contributed by atoms with Crippen LogP contribution in [-0.4, -0.2) is 73.3 Å². The van der Waals surface area contributed by atoms with E-state index in [0.29, 0.717) is 17.9 Å². The molecule has 4 rings (SSSR count). The standard InChI is InChI=1S/C25H30N3O9PS2/c1-5-24(32)22(28-13-11-18(29)26-23(28)31)35-19-20(25(19,24)33)37-38(39,36-16-9-7-6-8-10-16)27-17(12-14-40-4)21(30)34-15(2)3/h1,6-11,13,15,17,19-20,22,32-33H,12,14H2,2-4H3,(H,27,39)(H,26,29,31)/t17?,19-,20?,22-,24+,25+,38?/m1/s1. The minimum Gasteiger partial charge on any atom is -0.462 e. The van der Waals surface area contributed by atoms with Crippen molar-refractivity contribution >= 4 is 36.2 Å². The molecular weight excluding hydrogens is 581 g/mol. The first-order valence-corrected chi connectivity index (χ1v) is 16.3. The average molecular weight is 612 g/mol. The number of hydrogen-bond donors (Lipinski definition) is 4. The van der Waals surface area contributed by atoms with Gasteiger partial charge in [0, 0.05) is 12.3 Å². The molecule has 2 fully saturated rings. The van der Waals surface area contributed by atoms with Gasteiger partial charge in [-0.1, -0.05) is 24.1 Å². The number of H-pyrrole nitrogens is 1. The van der Waals surface area contributed by atoms with Crippen molar-refractivity contribution in [2.45, 2.75) is 62.1 Å². The van der Waals surface area contributed by atoms with Gasteiger partial charge in [-0.3, -0.25) is 23.7 Å². The Labute approximate surface area is 239 Å². The molecule has 15 heteroatoms. The number of terminal acetylenes is 1. The van der Waals surface area contributed by atoms with E-state index < -0.39 is 59.5 Å². The molecule has 216 valence electrons. The van der Waals surface area contributed by atoms with Gasteiger partial charge in [-0.2, -0.15) is 11.8 Å². The van der Waals surface area contributed by atoms with E-state index in [9.17, 15) is 24.6 Å². The van der Waals surface area contributed by atoms with Crippen LogP contribution in [0.3, 0.4) is 0 Å². The van der Waals surface area contributed by atoms with Gasteiger partial charge in [-0.05, 0) is 56.2 Å². The quantitative estimate of drug-likeness (QED) is 0.153. The first-order chi connectivity index (χ1) is 18.9. The highest BCUT2D eigenvalue weighted by Gasteiger charge is 2.85. The number of aromatic amines is 1. The van der Waals surface area contributed by atoms with Gasteiger partial charge in [0.2, 0.25) is 5.60 Å². The molecule has 1 aromatic heterocycles. The van der Waals surface area contributed by atoms with Gasteiger partial charge in [0.1, 0.15) is 24.0 Å². The molecule has 4 N–H and O–H groups in total. The van der Waals surface area contributed by atoms with Gasteiger partial charge in [0.25, 0.3) is 5.56 Å². The Hall–Kier alpha value is -2.47. The Morgan fingerprint density at radius 3 is 2.62 bits per heavy atom. The number of aliphatic hydroxyl groups is 2. The summed E-state index contributed by atoms with van der Waals surface area (Å²) in [4.78, 5) is 38.8. The number of carbonyl (C=O) groups is 1. The van der Waals surface area contributed by atoms with Crippen molar-refractivity contribution < 1.29 is 33.5 Å². The molecule has 2 heterocycles. The summed E-state index contributed by atoms with van der Waals surface area (Å²) in [5, 5.41) is 25.9. The number of nitrogens with zero attached hydrogens (tertiary/aromatic N) is 1. The molecule has 3 unspecified atom stereocenters. The number of nitrogens with one attached hydrogen (secondary N) is 2. The van der Waals surface area contributed by atoms with E-state index in [-0.39, 0.29) is 6.10 Å². The number of hydrogen-bond acceptors (Lipinski definition) is 11. The van der Waals surface area contributed by atoms with Crippen molar-refractivity contribution in [2.24, 2.45) is 0 Å². The van der Waals surface area contributed by atoms with Crippen LogP contribution in [0.25, 0.3) is 0 Å². The first-order valence-electron chi connectivity index (χ1n) is 12.3. The predicted octanol–water partition coefficient (Wildman–Crippen LogP) is 0.895. The molecule has 0 bridgehead atoms. The van der Waals surface area contributed by atoms with E-state index in [4.69, 9.17) is 36.8 Å². The van der Waals surface area contributed by atoms with E-state index in [2.05, 4.69) is 16.0 Å². The lowest BCUT2D eigenvalue weighted by atomic mass is 9.94. The highest BCUT2D eigenvalue weighted by atomic mass is 32.5. The summed E-state index contributed by atoms with van der Waals surface area (Å²) in [6.45, 7) is -0.219. The highest BCUT2D eigenvalue weighted by molar-refractivity contribution is 8.09. The molecule has 2 aromatic rings. The number of fused-ring (bicyclic) bond motifs is 1. The third-order valence-corrected chi connectivity index (χ3v) is 9.41. The van der Waals surface area contributed by atoms with Gasteiger partial charge in [0.15, 0.2) is 11.8 Å². The number of para-hydroxylation sites is 1. The molecule has 1 aromatic carbocycles. The molecule has 1 saturated carbocycles. The Balaban J connectivity index is 1.64. The van der Waals surface area contributed by atoms with Crippen LogP contribution in [0.5, 0.6) is 5.75 Å². The normalized spacial score (nSPS) is 29.2. The SMILES string of the molecule is C#C[C@]1(O)[C@H](n2ccc(=O)[nH]c2=O)O[C@@H]2C(OP(=S)(NC(CCSC)C(=O)OC(C)C)Oc3ccccc3)[C@@]21O. The van der Waals surface area contributed by atoms with Crippen LogP contribution in [-0.2, 0) is 30.6 Å². The molecule has 1 aliphatic carbocycles. The molecule has 0 radical (unpaired) electrons. The monoisotopic (exact) mass is 611 g/mol. The summed E-state index contributed by atoms with van der Waals surface area (Å²) in [6, 6.07) is 8.65. The van der Waals surface area contributed by atoms with Crippen molar-refractivity contribution in [2.75, 3.05) is 12.0 Å². The second-order valence-electron chi connectivity index (χ2n) is 9.54. The fourth-order valence-corrected chi connectivity index (χ4v) is 7.52. The number of esters is 1. The molecule has 1 saturated heterocycles. The lowest BCUT2D eigenvalue weighted by Crippen LogP contribution is -2.52. The molecule has 0 amide bonds. The van der Waals surface area contributed by atoms with Crippen LogP contribution in [0, 0.1) is 12.3 Å². The van der Waals surface area contributed by atoms with Crippen molar-refractivity contribution in [3.63, 3.8) is 0 Å². The average Bonchev–Trinajstić information content (AvgIpc) is 3.37. The number of aromatic nitrogens is 2. The molecule has 7 atom stereocenters. The van der Waals surface area contributed by atoms with Crippen LogP contribution >= 0.6 is 18.4 Å². The zero-order valence-electron chi connectivity index (χ0n) is 21.9. The largest absolute Gasteiger partial charge is 0.462 e. The van der Waals surface area contributed by atoms with Gasteiger partial charge < -0.3 is 24.2 Å². The topological polar surface area (TPSA) is 161 Å². The van der Waals surface area contributed by atoms with E-state index in [0.717, 1.165) is 16.8 Å². The lowest BCUT2D eigenvalue weighted by molar-refractivity contribution is -0.149. The summed E-state index contributed by atoms with van der Waals surface area (Å²) in [7, 11) is 0. The molecule has 1 aliphatic heterocycles. The van der Waals surface area contributed by atoms with Crippen molar-refractivity contribution in [1.29, 1.82) is 0 Å². The summed E-state index contributed by atoms with van der Waals surface area (Å²) in [5.41, 5.74) is -6.20. The number of thioether (sulfide) groups is 1. The summed E-state index contributed by atoms with van der Waals surface area (Å²) >= 11 is 7.32. The zero-order chi connectivity index (χ0) is 29.3. The molecule has 40 heavy (non-hydrogen) atoms. The van der Waals surface area contributed by atoms with Crippen LogP contribution in [0.4, 0.5) is 0 Å². The Kier molecular flexibility index (Phi) is 8.99. The van der Waals surface area contributed by atoms with Crippen LogP contribution in [0.1, 0.15) is 26.5 Å². The van der Waals surface area contributed by atoms with Gasteiger partial charge in [-0.25, -0.2) is 9.88 Å². The Bertz CT molecular complexity index is 1450. The minimum atomic E-state index is -3.66. The Morgan fingerprint density at radius 2 is 2.02 bits per heavy atom. The molecule has 12 nitrogen and oxygen atoms in total. The second-order valence-corrected chi connectivity index (χ2v) is 13.6. The van der Waals surface area contributed by atoms with E-state index >= 15 is 0 Å². The maximum absolute atomic E-state index is 12.9. The smallest absolute Gasteiger partial charge is 0.330 e. The van der Waals surface area contributed by atoms with Crippen LogP contribution in [0.2, 0.25) is 0 Å².